The number of hydrogen-bond acceptors (Lipinski definition) is 2. The molecule has 0 spiro atoms. The number of carbonyl (C=O) groups excluding carboxylic acids is 1. The molecule has 1 aromatic rings. The maximum Gasteiger partial charge on any atom is 0.364 e. The summed E-state index contributed by atoms with van der Waals surface area (Å²) in [6, 6.07) is 3.07. The zero-order chi connectivity index (χ0) is 13.9. The lowest BCUT2D eigenvalue weighted by atomic mass is 10.0. The Morgan fingerprint density at radius 2 is 2.00 bits per heavy atom. The van der Waals surface area contributed by atoms with E-state index in [1.54, 1.807) is 0 Å². The molecule has 0 unspecified atom stereocenters. The van der Waals surface area contributed by atoms with Gasteiger partial charge < -0.3 is 4.74 Å². The molecule has 7 heteroatoms. The number of Topliss-reactive ketones (excluding diaryl/α,β-unsaturated/α-hetero) is 1. The maximum atomic E-state index is 13.2. The van der Waals surface area contributed by atoms with Crippen molar-refractivity contribution < 1.29 is 31.5 Å². The van der Waals surface area contributed by atoms with Crippen LogP contribution in [-0.2, 0) is 11.2 Å². The molecule has 0 aliphatic carbocycles. The van der Waals surface area contributed by atoms with Crippen molar-refractivity contribution in [3.63, 3.8) is 0 Å². The van der Waals surface area contributed by atoms with Crippen molar-refractivity contribution in [3.8, 4) is 5.75 Å². The molecular formula is C11H9F5O2. The van der Waals surface area contributed by atoms with Crippen LogP contribution in [0.5, 0.6) is 5.75 Å². The van der Waals surface area contributed by atoms with E-state index in [1.165, 1.54) is 7.11 Å². The van der Waals surface area contributed by atoms with Crippen molar-refractivity contribution in [3.05, 3.63) is 29.6 Å². The monoisotopic (exact) mass is 268 g/mol. The Bertz CT molecular complexity index is 445. The number of ketones is 1. The Kier molecular flexibility index (Phi) is 4.26. The molecule has 0 heterocycles. The first kappa shape index (κ1) is 14.4. The molecule has 0 atom stereocenters. The third-order valence-electron chi connectivity index (χ3n) is 2.23. The standard InChI is InChI=1S/C11H9F5O2/c1-18-8-3-2-6(4-7(8)12)5-9(17)11(15,16)10(13)14/h2-4,10H,5H2,1H3. The first-order valence-electron chi connectivity index (χ1n) is 4.80. The van der Waals surface area contributed by atoms with Gasteiger partial charge in [-0.2, -0.15) is 8.78 Å². The van der Waals surface area contributed by atoms with Crippen LogP contribution in [0.4, 0.5) is 22.0 Å². The highest BCUT2D eigenvalue weighted by Gasteiger charge is 2.47. The minimum atomic E-state index is -4.73. The van der Waals surface area contributed by atoms with Gasteiger partial charge in [0.15, 0.2) is 11.6 Å². The topological polar surface area (TPSA) is 26.3 Å². The van der Waals surface area contributed by atoms with Gasteiger partial charge in [-0.25, -0.2) is 13.2 Å². The smallest absolute Gasteiger partial charge is 0.364 e. The van der Waals surface area contributed by atoms with E-state index in [0.29, 0.717) is 0 Å². The van der Waals surface area contributed by atoms with Gasteiger partial charge in [0.25, 0.3) is 0 Å². The van der Waals surface area contributed by atoms with Gasteiger partial charge in [0.05, 0.1) is 7.11 Å². The van der Waals surface area contributed by atoms with Gasteiger partial charge >= 0.3 is 12.3 Å². The molecule has 0 aromatic heterocycles. The number of rotatable bonds is 5. The normalized spacial score (nSPS) is 11.7. The third kappa shape index (κ3) is 2.96. The summed E-state index contributed by atoms with van der Waals surface area (Å²) >= 11 is 0. The summed E-state index contributed by atoms with van der Waals surface area (Å²) in [6.07, 6.45) is -5.05. The Morgan fingerprint density at radius 3 is 2.44 bits per heavy atom. The van der Waals surface area contributed by atoms with Crippen molar-refractivity contribution in [2.75, 3.05) is 7.11 Å². The SMILES string of the molecule is COc1ccc(CC(=O)C(F)(F)C(F)F)cc1F. The molecule has 2 nitrogen and oxygen atoms in total. The molecule has 1 rings (SSSR count). The number of alkyl halides is 4. The molecule has 0 amide bonds. The average molecular weight is 268 g/mol. The van der Waals surface area contributed by atoms with Crippen LogP contribution in [0.15, 0.2) is 18.2 Å². The fraction of sp³-hybridized carbons (Fsp3) is 0.364. The molecule has 0 saturated heterocycles. The maximum absolute atomic E-state index is 13.2. The number of benzene rings is 1. The highest BCUT2D eigenvalue weighted by Crippen LogP contribution is 2.26. The summed E-state index contributed by atoms with van der Waals surface area (Å²) < 4.78 is 66.9. The molecular weight excluding hydrogens is 259 g/mol. The molecule has 100 valence electrons. The van der Waals surface area contributed by atoms with Crippen LogP contribution in [0.25, 0.3) is 0 Å². The number of methoxy groups -OCH3 is 1. The largest absolute Gasteiger partial charge is 0.494 e. The first-order chi connectivity index (χ1) is 8.28. The molecule has 0 fully saturated rings. The van der Waals surface area contributed by atoms with Crippen molar-refractivity contribution >= 4 is 5.78 Å². The van der Waals surface area contributed by atoms with E-state index in [1.807, 2.05) is 0 Å². The Hall–Kier alpha value is -1.66. The zero-order valence-electron chi connectivity index (χ0n) is 9.22. The van der Waals surface area contributed by atoms with Gasteiger partial charge in [-0.3, -0.25) is 4.79 Å². The second-order valence-electron chi connectivity index (χ2n) is 3.49. The zero-order valence-corrected chi connectivity index (χ0v) is 9.22. The van der Waals surface area contributed by atoms with Crippen LogP contribution in [-0.4, -0.2) is 25.2 Å². The van der Waals surface area contributed by atoms with Crippen molar-refractivity contribution in [1.82, 2.24) is 0 Å². The highest BCUT2D eigenvalue weighted by atomic mass is 19.3. The second kappa shape index (κ2) is 5.32. The van der Waals surface area contributed by atoms with E-state index < -0.39 is 30.4 Å². The van der Waals surface area contributed by atoms with Crippen LogP contribution in [0, 0.1) is 5.82 Å². The Labute approximate surface area is 99.4 Å². The second-order valence-corrected chi connectivity index (χ2v) is 3.49. The third-order valence-corrected chi connectivity index (χ3v) is 2.23. The van der Waals surface area contributed by atoms with E-state index in [2.05, 4.69) is 4.74 Å². The summed E-state index contributed by atoms with van der Waals surface area (Å²) in [7, 11) is 1.20. The summed E-state index contributed by atoms with van der Waals surface area (Å²) in [5, 5.41) is 0. The summed E-state index contributed by atoms with van der Waals surface area (Å²) in [6.45, 7) is 0. The van der Waals surface area contributed by atoms with E-state index in [0.717, 1.165) is 18.2 Å². The first-order valence-corrected chi connectivity index (χ1v) is 4.80. The van der Waals surface area contributed by atoms with Gasteiger partial charge in [0, 0.05) is 6.42 Å². The van der Waals surface area contributed by atoms with Gasteiger partial charge in [-0.15, -0.1) is 0 Å². The van der Waals surface area contributed by atoms with E-state index in [-0.39, 0.29) is 11.3 Å². The van der Waals surface area contributed by atoms with Gasteiger partial charge in [-0.05, 0) is 17.7 Å². The lowest BCUT2D eigenvalue weighted by molar-refractivity contribution is -0.166. The number of halogens is 5. The quantitative estimate of drug-likeness (QED) is 0.767. The van der Waals surface area contributed by atoms with Crippen molar-refractivity contribution in [1.29, 1.82) is 0 Å². The summed E-state index contributed by atoms with van der Waals surface area (Å²) in [5.74, 6) is -7.67. The molecule has 1 aromatic carbocycles. The summed E-state index contributed by atoms with van der Waals surface area (Å²) in [5.41, 5.74) is -0.126. The van der Waals surface area contributed by atoms with E-state index in [9.17, 15) is 26.7 Å². The molecule has 0 saturated carbocycles. The number of ether oxygens (including phenoxy) is 1. The van der Waals surface area contributed by atoms with Crippen LogP contribution >= 0.6 is 0 Å². The predicted molar refractivity (Wildman–Crippen MR) is 52.6 cm³/mol. The van der Waals surface area contributed by atoms with Gasteiger partial charge in [0.1, 0.15) is 0 Å². The Balaban J connectivity index is 2.86. The van der Waals surface area contributed by atoms with Crippen LogP contribution in [0.2, 0.25) is 0 Å². The molecule has 18 heavy (non-hydrogen) atoms. The van der Waals surface area contributed by atoms with Gasteiger partial charge in [0.2, 0.25) is 5.78 Å². The van der Waals surface area contributed by atoms with Crippen LogP contribution < -0.4 is 4.74 Å². The van der Waals surface area contributed by atoms with Crippen LogP contribution in [0.1, 0.15) is 5.56 Å². The molecule has 0 radical (unpaired) electrons. The van der Waals surface area contributed by atoms with Gasteiger partial charge in [-0.1, -0.05) is 6.07 Å². The van der Waals surface area contributed by atoms with Crippen molar-refractivity contribution in [2.24, 2.45) is 0 Å². The fourth-order valence-electron chi connectivity index (χ4n) is 1.24. The Morgan fingerprint density at radius 1 is 1.39 bits per heavy atom. The predicted octanol–water partition coefficient (Wildman–Crippen LogP) is 2.85. The number of hydrogen-bond donors (Lipinski definition) is 0. The lowest BCUT2D eigenvalue weighted by Gasteiger charge is -2.13. The number of carbonyl (C=O) groups is 1. The molecule has 0 N–H and O–H groups in total. The van der Waals surface area contributed by atoms with E-state index in [4.69, 9.17) is 0 Å². The summed E-state index contributed by atoms with van der Waals surface area (Å²) in [4.78, 5) is 11.0. The fourth-order valence-corrected chi connectivity index (χ4v) is 1.24. The minimum Gasteiger partial charge on any atom is -0.494 e. The lowest BCUT2D eigenvalue weighted by Crippen LogP contribution is -2.37. The molecule has 0 aliphatic rings. The molecule has 0 aliphatic heterocycles. The highest BCUT2D eigenvalue weighted by molar-refractivity contribution is 5.88. The minimum absolute atomic E-state index is 0.126. The van der Waals surface area contributed by atoms with Crippen molar-refractivity contribution in [2.45, 2.75) is 18.8 Å². The molecule has 0 bridgehead atoms. The van der Waals surface area contributed by atoms with Crippen LogP contribution in [0.3, 0.4) is 0 Å². The van der Waals surface area contributed by atoms with E-state index >= 15 is 0 Å². The average Bonchev–Trinajstić information content (AvgIpc) is 2.28.